The Morgan fingerprint density at radius 3 is 2.62 bits per heavy atom. The van der Waals surface area contributed by atoms with Crippen LogP contribution in [-0.4, -0.2) is 54.3 Å². The maximum atomic E-state index is 15.8. The van der Waals surface area contributed by atoms with E-state index in [9.17, 15) is 23.1 Å². The summed E-state index contributed by atoms with van der Waals surface area (Å²) in [7, 11) is 1.52. The molecule has 0 bridgehead atoms. The van der Waals surface area contributed by atoms with Gasteiger partial charge < -0.3 is 20.3 Å². The summed E-state index contributed by atoms with van der Waals surface area (Å²) < 4.78 is 66.8. The van der Waals surface area contributed by atoms with Crippen molar-refractivity contribution in [2.45, 2.75) is 38.4 Å². The smallest absolute Gasteiger partial charge is 0.309 e. The van der Waals surface area contributed by atoms with E-state index in [1.807, 2.05) is 4.90 Å². The normalized spacial score (nSPS) is 16.3. The van der Waals surface area contributed by atoms with E-state index in [-0.39, 0.29) is 38.8 Å². The van der Waals surface area contributed by atoms with Crippen LogP contribution in [0.4, 0.5) is 17.6 Å². The van der Waals surface area contributed by atoms with Gasteiger partial charge in [-0.1, -0.05) is 0 Å². The number of nitrogens with two attached hydrogens (primary N) is 1. The van der Waals surface area contributed by atoms with Gasteiger partial charge in [0.25, 0.3) is 0 Å². The fraction of sp³-hybridized carbons (Fsp3) is 0.429. The lowest BCUT2D eigenvalue weighted by Crippen LogP contribution is -2.45. The molecular weight excluding hydrogens is 518 g/mol. The first-order chi connectivity index (χ1) is 18.7. The largest absolute Gasteiger partial charge is 0.497 e. The van der Waals surface area contributed by atoms with Crippen LogP contribution in [0.25, 0.3) is 10.9 Å². The molecule has 0 radical (unpaired) electrons. The Morgan fingerprint density at radius 1 is 1.21 bits per heavy atom. The summed E-state index contributed by atoms with van der Waals surface area (Å²) >= 11 is 0. The zero-order valence-corrected chi connectivity index (χ0v) is 21.6. The van der Waals surface area contributed by atoms with Gasteiger partial charge in [-0.25, -0.2) is 13.2 Å². The molecule has 1 aromatic heterocycles. The Hall–Kier alpha value is -3.44. The minimum Gasteiger partial charge on any atom is -0.497 e. The van der Waals surface area contributed by atoms with Crippen LogP contribution in [0.1, 0.15) is 43.0 Å². The van der Waals surface area contributed by atoms with Crippen LogP contribution < -0.4 is 15.2 Å². The highest BCUT2D eigenvalue weighted by atomic mass is 19.2. The molecule has 1 saturated heterocycles. The number of likely N-dealkylation sites (tertiary alicyclic amines) is 1. The molecule has 1 fully saturated rings. The first-order valence-corrected chi connectivity index (χ1v) is 12.7. The Morgan fingerprint density at radius 2 is 1.95 bits per heavy atom. The summed E-state index contributed by atoms with van der Waals surface area (Å²) in [6, 6.07) is 6.39. The summed E-state index contributed by atoms with van der Waals surface area (Å²) in [6.07, 6.45) is 0.779. The molecule has 0 saturated carbocycles. The van der Waals surface area contributed by atoms with E-state index in [4.69, 9.17) is 15.2 Å². The fourth-order valence-electron chi connectivity index (χ4n) is 5.14. The van der Waals surface area contributed by atoms with Crippen LogP contribution in [-0.2, 0) is 11.3 Å². The Balaban J connectivity index is 1.39. The molecule has 210 valence electrons. The second-order valence-electron chi connectivity index (χ2n) is 9.77. The van der Waals surface area contributed by atoms with Crippen LogP contribution in [0.15, 0.2) is 36.5 Å². The third-order valence-corrected chi connectivity index (χ3v) is 7.50. The number of hydrogen-bond acceptors (Lipinski definition) is 6. The molecule has 11 heteroatoms. The highest BCUT2D eigenvalue weighted by molar-refractivity contribution is 5.85. The Kier molecular flexibility index (Phi) is 8.91. The van der Waals surface area contributed by atoms with Crippen molar-refractivity contribution in [3.05, 3.63) is 65.1 Å². The van der Waals surface area contributed by atoms with E-state index < -0.39 is 40.8 Å². The highest BCUT2D eigenvalue weighted by Gasteiger charge is 2.42. The monoisotopic (exact) mass is 549 g/mol. The number of halogens is 4. The minimum atomic E-state index is -1.45. The van der Waals surface area contributed by atoms with Gasteiger partial charge in [-0.05, 0) is 62.5 Å². The number of fused-ring (bicyclic) bond motifs is 1. The van der Waals surface area contributed by atoms with E-state index in [0.29, 0.717) is 53.5 Å². The number of pyridine rings is 1. The molecule has 0 unspecified atom stereocenters. The lowest BCUT2D eigenvalue weighted by atomic mass is 9.74. The first-order valence-electron chi connectivity index (χ1n) is 12.7. The fourth-order valence-corrected chi connectivity index (χ4v) is 5.14. The number of aromatic nitrogens is 1. The van der Waals surface area contributed by atoms with Gasteiger partial charge in [-0.15, -0.1) is 0 Å². The predicted octanol–water partition coefficient (Wildman–Crippen LogP) is 5.16. The van der Waals surface area contributed by atoms with Gasteiger partial charge in [0.05, 0.1) is 18.0 Å². The molecule has 2 heterocycles. The molecule has 3 N–H and O–H groups in total. The lowest BCUT2D eigenvalue weighted by molar-refractivity contribution is -0.153. The van der Waals surface area contributed by atoms with E-state index in [0.717, 1.165) is 6.07 Å². The molecule has 4 rings (SSSR count). The average Bonchev–Trinajstić information content (AvgIpc) is 2.93. The molecule has 1 atom stereocenters. The van der Waals surface area contributed by atoms with Crippen molar-refractivity contribution in [3.8, 4) is 11.5 Å². The van der Waals surface area contributed by atoms with Gasteiger partial charge >= 0.3 is 5.97 Å². The van der Waals surface area contributed by atoms with E-state index in [1.54, 1.807) is 24.4 Å². The minimum absolute atomic E-state index is 0.0108. The van der Waals surface area contributed by atoms with Crippen LogP contribution in [0.2, 0.25) is 0 Å². The number of carboxylic acid groups (broad SMARTS) is 1. The van der Waals surface area contributed by atoms with Crippen molar-refractivity contribution in [3.63, 3.8) is 0 Å². The van der Waals surface area contributed by atoms with E-state index in [2.05, 4.69) is 4.98 Å². The number of ether oxygens (including phenoxy) is 2. The van der Waals surface area contributed by atoms with E-state index in [1.165, 1.54) is 7.11 Å². The Labute approximate surface area is 223 Å². The van der Waals surface area contributed by atoms with Crippen LogP contribution in [0.3, 0.4) is 0 Å². The number of carbonyl (C=O) groups is 1. The number of rotatable bonds is 11. The molecule has 39 heavy (non-hydrogen) atoms. The van der Waals surface area contributed by atoms with Gasteiger partial charge in [0.1, 0.15) is 24.3 Å². The lowest BCUT2D eigenvalue weighted by Gasteiger charge is -2.39. The molecule has 7 nitrogen and oxygen atoms in total. The maximum Gasteiger partial charge on any atom is 0.309 e. The van der Waals surface area contributed by atoms with Gasteiger partial charge in [-0.2, -0.15) is 4.39 Å². The summed E-state index contributed by atoms with van der Waals surface area (Å²) in [5.74, 6) is -4.50. The number of benzene rings is 2. The van der Waals surface area contributed by atoms with E-state index >= 15 is 4.39 Å². The average molecular weight is 550 g/mol. The van der Waals surface area contributed by atoms with Crippen LogP contribution >= 0.6 is 0 Å². The predicted molar refractivity (Wildman–Crippen MR) is 137 cm³/mol. The number of piperidine rings is 1. The number of hydrogen-bond donors (Lipinski definition) is 2. The molecular formula is C28H31F4N3O4. The number of carboxylic acids is 1. The van der Waals surface area contributed by atoms with Crippen LogP contribution in [0, 0.1) is 22.9 Å². The van der Waals surface area contributed by atoms with Crippen molar-refractivity contribution < 1.29 is 36.9 Å². The number of aliphatic carboxylic acids is 1. The number of nitrogens with zero attached hydrogens (tertiary/aromatic N) is 2. The Bertz CT molecular complexity index is 1330. The second kappa shape index (κ2) is 12.2. The molecule has 1 aliphatic heterocycles. The van der Waals surface area contributed by atoms with Crippen molar-refractivity contribution in [1.29, 1.82) is 0 Å². The molecule has 2 aromatic carbocycles. The highest BCUT2D eigenvalue weighted by Crippen LogP contribution is 2.41. The van der Waals surface area contributed by atoms with Crippen molar-refractivity contribution >= 4 is 16.9 Å². The molecule has 0 spiro atoms. The summed E-state index contributed by atoms with van der Waals surface area (Å²) in [5.41, 5.74) is 6.31. The maximum absolute atomic E-state index is 15.8. The van der Waals surface area contributed by atoms with Crippen molar-refractivity contribution in [1.82, 2.24) is 9.88 Å². The SMILES string of the molecule is COc1ccc2ncc(CN)c([C@H](F)CCC3(C(=O)O)CCN(CCOc4cc(F)cc(F)c4F)CC3)c2c1. The zero-order chi connectivity index (χ0) is 28.2. The topological polar surface area (TPSA) is 97.9 Å². The van der Waals surface area contributed by atoms with Crippen molar-refractivity contribution in [2.24, 2.45) is 11.1 Å². The van der Waals surface area contributed by atoms with Gasteiger partial charge in [-0.3, -0.25) is 14.7 Å². The number of alkyl halides is 1. The third-order valence-electron chi connectivity index (χ3n) is 7.50. The second-order valence-corrected chi connectivity index (χ2v) is 9.77. The quantitative estimate of drug-likeness (QED) is 0.252. The molecule has 0 aliphatic carbocycles. The standard InChI is InChI=1S/C28H31F4N3O4/c1-38-19-2-3-23-20(14-19)25(17(15-33)16-34-23)21(30)4-5-28(27(36)37)6-8-35(9-7-28)10-11-39-24-13-18(29)12-22(31)26(24)32/h2-3,12-14,16,21H,4-11,15,33H2,1H3,(H,36,37)/t21-/m1/s1. The zero-order valence-electron chi connectivity index (χ0n) is 21.6. The first kappa shape index (κ1) is 28.6. The summed E-state index contributed by atoms with van der Waals surface area (Å²) in [4.78, 5) is 18.6. The summed E-state index contributed by atoms with van der Waals surface area (Å²) in [5, 5.41) is 10.7. The van der Waals surface area contributed by atoms with Crippen molar-refractivity contribution in [2.75, 3.05) is 33.4 Å². The van der Waals surface area contributed by atoms with Crippen LogP contribution in [0.5, 0.6) is 11.5 Å². The molecule has 0 amide bonds. The van der Waals surface area contributed by atoms with Gasteiger partial charge in [0, 0.05) is 42.4 Å². The van der Waals surface area contributed by atoms with Gasteiger partial charge in [0.2, 0.25) is 5.82 Å². The number of methoxy groups -OCH3 is 1. The third kappa shape index (κ3) is 6.25. The molecule has 1 aliphatic rings. The summed E-state index contributed by atoms with van der Waals surface area (Å²) in [6.45, 7) is 1.16. The van der Waals surface area contributed by atoms with Gasteiger partial charge in [0.15, 0.2) is 11.6 Å². The molecule has 3 aromatic rings.